The first-order chi connectivity index (χ1) is 11.7. The van der Waals surface area contributed by atoms with Crippen LogP contribution in [-0.2, 0) is 12.8 Å². The number of carbonyl (C=O) groups excluding carboxylic acids is 1. The van der Waals surface area contributed by atoms with Crippen LogP contribution < -0.4 is 0 Å². The smallest absolute Gasteiger partial charge is 0.255 e. The van der Waals surface area contributed by atoms with E-state index in [-0.39, 0.29) is 12.5 Å². The number of aromatic amines is 1. The van der Waals surface area contributed by atoms with Crippen LogP contribution in [0, 0.1) is 11.8 Å². The van der Waals surface area contributed by atoms with E-state index < -0.39 is 0 Å². The molecule has 128 valence electrons. The molecule has 4 nitrogen and oxygen atoms in total. The lowest BCUT2D eigenvalue weighted by molar-refractivity contribution is 0.0652. The summed E-state index contributed by atoms with van der Waals surface area (Å²) in [4.78, 5) is 18.5. The van der Waals surface area contributed by atoms with Gasteiger partial charge in [-0.15, -0.1) is 0 Å². The van der Waals surface area contributed by atoms with Gasteiger partial charge < -0.3 is 15.0 Å². The summed E-state index contributed by atoms with van der Waals surface area (Å²) in [6.45, 7) is 4.04. The van der Waals surface area contributed by atoms with Gasteiger partial charge in [-0.1, -0.05) is 19.1 Å². The number of aliphatic hydroxyl groups is 1. The molecule has 2 N–H and O–H groups in total. The molecule has 4 heteroatoms. The third-order valence-electron chi connectivity index (χ3n) is 5.86. The van der Waals surface area contributed by atoms with Crippen LogP contribution in [0.2, 0.25) is 0 Å². The zero-order valence-electron chi connectivity index (χ0n) is 14.3. The van der Waals surface area contributed by atoms with Gasteiger partial charge in [-0.2, -0.15) is 0 Å². The van der Waals surface area contributed by atoms with E-state index in [4.69, 9.17) is 0 Å². The Hall–Kier alpha value is -1.81. The SMILES string of the molecule is CC1CCc2[nH]c3c(C(=O)N4CCC(CO)CC4)cccc3c2C1. The van der Waals surface area contributed by atoms with Crippen LogP contribution in [0.5, 0.6) is 0 Å². The topological polar surface area (TPSA) is 56.3 Å². The molecule has 0 bridgehead atoms. The van der Waals surface area contributed by atoms with Gasteiger partial charge in [-0.25, -0.2) is 0 Å². The number of para-hydroxylation sites is 1. The van der Waals surface area contributed by atoms with Crippen molar-refractivity contribution in [1.82, 2.24) is 9.88 Å². The molecule has 1 fully saturated rings. The van der Waals surface area contributed by atoms with Crippen LogP contribution >= 0.6 is 0 Å². The van der Waals surface area contributed by atoms with Gasteiger partial charge in [0.05, 0.1) is 11.1 Å². The molecule has 0 spiro atoms. The number of piperidine rings is 1. The highest BCUT2D eigenvalue weighted by molar-refractivity contribution is 6.06. The number of hydrogen-bond acceptors (Lipinski definition) is 2. The van der Waals surface area contributed by atoms with E-state index in [0.717, 1.165) is 49.9 Å². The Bertz CT molecular complexity index is 756. The third-order valence-corrected chi connectivity index (χ3v) is 5.86. The molecule has 1 amide bonds. The summed E-state index contributed by atoms with van der Waals surface area (Å²) in [5.41, 5.74) is 4.56. The molecular weight excluding hydrogens is 300 g/mol. The highest BCUT2D eigenvalue weighted by Crippen LogP contribution is 2.33. The van der Waals surface area contributed by atoms with Crippen LogP contribution in [0.4, 0.5) is 0 Å². The Morgan fingerprint density at radius 2 is 2.08 bits per heavy atom. The van der Waals surface area contributed by atoms with Crippen molar-refractivity contribution in [1.29, 1.82) is 0 Å². The van der Waals surface area contributed by atoms with E-state index in [0.29, 0.717) is 11.8 Å². The average Bonchev–Trinajstić information content (AvgIpc) is 2.99. The molecule has 1 aliphatic carbocycles. The Labute approximate surface area is 142 Å². The number of benzene rings is 1. The van der Waals surface area contributed by atoms with Gasteiger partial charge in [-0.3, -0.25) is 4.79 Å². The van der Waals surface area contributed by atoms with E-state index in [2.05, 4.69) is 18.0 Å². The standard InChI is InChI=1S/C20H26N2O2/c1-13-5-6-18-17(11-13)15-3-2-4-16(19(15)21-18)20(24)22-9-7-14(12-23)8-10-22/h2-4,13-14,21,23H,5-12H2,1H3. The molecule has 1 aromatic carbocycles. The Morgan fingerprint density at radius 3 is 2.83 bits per heavy atom. The van der Waals surface area contributed by atoms with Crippen molar-refractivity contribution in [2.24, 2.45) is 11.8 Å². The number of rotatable bonds is 2. The number of nitrogens with one attached hydrogen (secondary N) is 1. The van der Waals surface area contributed by atoms with E-state index in [1.165, 1.54) is 23.1 Å². The number of aliphatic hydroxyl groups excluding tert-OH is 1. The van der Waals surface area contributed by atoms with Crippen molar-refractivity contribution in [2.45, 2.75) is 39.0 Å². The largest absolute Gasteiger partial charge is 0.396 e. The minimum absolute atomic E-state index is 0.128. The quantitative estimate of drug-likeness (QED) is 0.891. The van der Waals surface area contributed by atoms with Crippen molar-refractivity contribution in [3.63, 3.8) is 0 Å². The lowest BCUT2D eigenvalue weighted by Crippen LogP contribution is -2.39. The number of aromatic nitrogens is 1. The monoisotopic (exact) mass is 326 g/mol. The molecule has 1 aliphatic heterocycles. The van der Waals surface area contributed by atoms with E-state index >= 15 is 0 Å². The maximum Gasteiger partial charge on any atom is 0.255 e. The summed E-state index contributed by atoms with van der Waals surface area (Å²) in [6, 6.07) is 6.12. The number of amides is 1. The normalized spacial score (nSPS) is 21.9. The van der Waals surface area contributed by atoms with Gasteiger partial charge in [0.25, 0.3) is 5.91 Å². The van der Waals surface area contributed by atoms with Gasteiger partial charge in [0.2, 0.25) is 0 Å². The number of nitrogens with zero attached hydrogens (tertiary/aromatic N) is 1. The van der Waals surface area contributed by atoms with E-state index in [1.54, 1.807) is 0 Å². The summed E-state index contributed by atoms with van der Waals surface area (Å²) in [5.74, 6) is 1.20. The number of aryl methyl sites for hydroxylation is 1. The fraction of sp³-hybridized carbons (Fsp3) is 0.550. The molecule has 24 heavy (non-hydrogen) atoms. The van der Waals surface area contributed by atoms with Gasteiger partial charge in [0.1, 0.15) is 0 Å². The Balaban J connectivity index is 1.66. The molecule has 2 heterocycles. The summed E-state index contributed by atoms with van der Waals surface area (Å²) in [5, 5.41) is 10.5. The van der Waals surface area contributed by atoms with Crippen LogP contribution in [-0.4, -0.2) is 40.6 Å². The summed E-state index contributed by atoms with van der Waals surface area (Å²) >= 11 is 0. The van der Waals surface area contributed by atoms with Crippen molar-refractivity contribution in [3.05, 3.63) is 35.0 Å². The maximum atomic E-state index is 13.0. The first kappa shape index (κ1) is 15.7. The van der Waals surface area contributed by atoms with Crippen LogP contribution in [0.25, 0.3) is 10.9 Å². The van der Waals surface area contributed by atoms with E-state index in [1.807, 2.05) is 17.0 Å². The Kier molecular flexibility index (Phi) is 4.09. The molecular formula is C20H26N2O2. The molecule has 0 saturated carbocycles. The van der Waals surface area contributed by atoms with Gasteiger partial charge >= 0.3 is 0 Å². The molecule has 1 atom stereocenters. The Morgan fingerprint density at radius 1 is 1.29 bits per heavy atom. The van der Waals surface area contributed by atoms with Crippen molar-refractivity contribution in [3.8, 4) is 0 Å². The summed E-state index contributed by atoms with van der Waals surface area (Å²) in [6.07, 6.45) is 5.21. The number of likely N-dealkylation sites (tertiary alicyclic amines) is 1. The average molecular weight is 326 g/mol. The van der Waals surface area contributed by atoms with Gasteiger partial charge in [0, 0.05) is 30.8 Å². The lowest BCUT2D eigenvalue weighted by Gasteiger charge is -2.31. The predicted octanol–water partition coefficient (Wildman–Crippen LogP) is 3.14. The first-order valence-corrected chi connectivity index (χ1v) is 9.20. The first-order valence-electron chi connectivity index (χ1n) is 9.20. The molecule has 0 radical (unpaired) electrons. The van der Waals surface area contributed by atoms with Crippen molar-refractivity contribution < 1.29 is 9.90 Å². The second kappa shape index (κ2) is 6.25. The molecule has 4 rings (SSSR count). The number of fused-ring (bicyclic) bond motifs is 3. The second-order valence-electron chi connectivity index (χ2n) is 7.58. The van der Waals surface area contributed by atoms with Crippen molar-refractivity contribution >= 4 is 16.8 Å². The molecule has 1 aromatic heterocycles. The number of carbonyl (C=O) groups is 1. The fourth-order valence-electron chi connectivity index (χ4n) is 4.28. The van der Waals surface area contributed by atoms with Crippen LogP contribution in [0.3, 0.4) is 0 Å². The van der Waals surface area contributed by atoms with E-state index in [9.17, 15) is 9.90 Å². The zero-order valence-corrected chi connectivity index (χ0v) is 14.3. The molecule has 2 aromatic rings. The molecule has 1 unspecified atom stereocenters. The number of H-pyrrole nitrogens is 1. The minimum Gasteiger partial charge on any atom is -0.396 e. The maximum absolute atomic E-state index is 13.0. The van der Waals surface area contributed by atoms with Gasteiger partial charge in [-0.05, 0) is 55.6 Å². The van der Waals surface area contributed by atoms with Crippen molar-refractivity contribution in [2.75, 3.05) is 19.7 Å². The predicted molar refractivity (Wildman–Crippen MR) is 95.2 cm³/mol. The van der Waals surface area contributed by atoms with Gasteiger partial charge in [0.15, 0.2) is 0 Å². The minimum atomic E-state index is 0.128. The molecule has 1 saturated heterocycles. The summed E-state index contributed by atoms with van der Waals surface area (Å²) in [7, 11) is 0. The lowest BCUT2D eigenvalue weighted by atomic mass is 9.87. The van der Waals surface area contributed by atoms with Crippen LogP contribution in [0.1, 0.15) is 47.8 Å². The molecule has 2 aliphatic rings. The zero-order chi connectivity index (χ0) is 16.7. The highest BCUT2D eigenvalue weighted by Gasteiger charge is 2.26. The fourth-order valence-corrected chi connectivity index (χ4v) is 4.28. The highest BCUT2D eigenvalue weighted by atomic mass is 16.3. The van der Waals surface area contributed by atoms with Crippen LogP contribution in [0.15, 0.2) is 18.2 Å². The second-order valence-corrected chi connectivity index (χ2v) is 7.58. The summed E-state index contributed by atoms with van der Waals surface area (Å²) < 4.78 is 0. The third kappa shape index (κ3) is 2.63. The number of hydrogen-bond donors (Lipinski definition) is 2.